The van der Waals surface area contributed by atoms with Crippen molar-refractivity contribution in [2.75, 3.05) is 18.5 Å². The summed E-state index contributed by atoms with van der Waals surface area (Å²) in [7, 11) is 1.87. The van der Waals surface area contributed by atoms with Crippen LogP contribution in [-0.2, 0) is 0 Å². The first kappa shape index (κ1) is 17.1. The Balaban J connectivity index is 1.38. The summed E-state index contributed by atoms with van der Waals surface area (Å²) in [6.45, 7) is 0.850. The van der Waals surface area contributed by atoms with E-state index in [2.05, 4.69) is 20.5 Å². The van der Waals surface area contributed by atoms with Gasteiger partial charge in [-0.05, 0) is 36.6 Å². The van der Waals surface area contributed by atoms with Crippen molar-refractivity contribution in [1.82, 2.24) is 25.1 Å². The molecular weight excluding hydrogens is 359 g/mol. The van der Waals surface area contributed by atoms with Gasteiger partial charge in [0.1, 0.15) is 11.9 Å². The number of alkyl halides is 1. The Kier molecular flexibility index (Phi) is 4.01. The van der Waals surface area contributed by atoms with E-state index < -0.39 is 6.17 Å². The number of halogens is 1. The smallest absolute Gasteiger partial charge is 0.151 e. The third kappa shape index (κ3) is 2.72. The molecular formula is C20H21FN6O. The molecule has 8 heteroatoms. The predicted octanol–water partition coefficient (Wildman–Crippen LogP) is 2.17. The van der Waals surface area contributed by atoms with Gasteiger partial charge in [0, 0.05) is 43.7 Å². The molecule has 144 valence electrons. The number of benzene rings is 1. The Morgan fingerprint density at radius 1 is 1.25 bits per heavy atom. The van der Waals surface area contributed by atoms with Gasteiger partial charge in [0.15, 0.2) is 5.82 Å². The van der Waals surface area contributed by atoms with Crippen LogP contribution in [0.2, 0.25) is 0 Å². The zero-order valence-electron chi connectivity index (χ0n) is 15.4. The molecule has 1 saturated carbocycles. The Morgan fingerprint density at radius 3 is 2.79 bits per heavy atom. The van der Waals surface area contributed by atoms with Crippen molar-refractivity contribution in [3.05, 3.63) is 49.1 Å². The second-order valence-corrected chi connectivity index (χ2v) is 7.50. The molecule has 2 bridgehead atoms. The molecule has 1 aromatic carbocycles. The minimum atomic E-state index is -0.898. The van der Waals surface area contributed by atoms with Crippen LogP contribution in [0.15, 0.2) is 49.1 Å². The number of hydrogen-bond donors (Lipinski definition) is 2. The lowest BCUT2D eigenvalue weighted by Gasteiger charge is -2.34. The molecule has 2 aliphatic rings. The lowest BCUT2D eigenvalue weighted by atomic mass is 10.0. The zero-order chi connectivity index (χ0) is 19.3. The summed E-state index contributed by atoms with van der Waals surface area (Å²) in [5, 5.41) is 22.2. The predicted molar refractivity (Wildman–Crippen MR) is 103 cm³/mol. The van der Waals surface area contributed by atoms with E-state index in [1.54, 1.807) is 24.7 Å². The first-order chi connectivity index (χ1) is 13.6. The van der Waals surface area contributed by atoms with Crippen LogP contribution in [-0.4, -0.2) is 56.7 Å². The Labute approximate surface area is 161 Å². The van der Waals surface area contributed by atoms with Crippen molar-refractivity contribution in [3.63, 3.8) is 0 Å². The van der Waals surface area contributed by atoms with E-state index in [-0.39, 0.29) is 17.8 Å². The molecule has 7 nitrogen and oxygen atoms in total. The SMILES string of the molecule is CN(c1ccc(-c2ccc(-n3ccnc3)cc2O)nn1)[C@@H]1[C@H]2CN[C@H](C2)[C@@H]1F. The number of aromatic nitrogens is 4. The number of phenols is 1. The number of piperidine rings is 1. The number of anilines is 1. The van der Waals surface area contributed by atoms with Gasteiger partial charge >= 0.3 is 0 Å². The van der Waals surface area contributed by atoms with Crippen molar-refractivity contribution >= 4 is 5.82 Å². The van der Waals surface area contributed by atoms with Crippen LogP contribution in [0.5, 0.6) is 5.75 Å². The number of hydrogen-bond acceptors (Lipinski definition) is 6. The van der Waals surface area contributed by atoms with Crippen LogP contribution < -0.4 is 10.2 Å². The highest BCUT2D eigenvalue weighted by Gasteiger charge is 2.50. The monoisotopic (exact) mass is 380 g/mol. The quantitative estimate of drug-likeness (QED) is 0.722. The van der Waals surface area contributed by atoms with Gasteiger partial charge in [-0.25, -0.2) is 9.37 Å². The second kappa shape index (κ2) is 6.56. The topological polar surface area (TPSA) is 79.1 Å². The average molecular weight is 380 g/mol. The standard InChI is InChI=1S/C20H21FN6O/c1-26(20-12-8-16(19(20)21)23-10-12)18-5-4-15(24-25-18)14-3-2-13(9-17(14)28)27-7-6-22-11-27/h2-7,9,11-12,16,19-20,23,28H,8,10H2,1H3/t12-,16-,19+,20-/m1/s1. The molecule has 2 fully saturated rings. The summed E-state index contributed by atoms with van der Waals surface area (Å²) in [6.07, 6.45) is 5.13. The van der Waals surface area contributed by atoms with E-state index >= 15 is 0 Å². The van der Waals surface area contributed by atoms with Crippen LogP contribution in [0.1, 0.15) is 6.42 Å². The third-order valence-corrected chi connectivity index (χ3v) is 5.91. The average Bonchev–Trinajstić information content (AvgIpc) is 3.45. The van der Waals surface area contributed by atoms with Gasteiger partial charge in [-0.1, -0.05) is 0 Å². The molecule has 5 rings (SSSR count). The molecule has 0 spiro atoms. The molecule has 0 radical (unpaired) electrons. The van der Waals surface area contributed by atoms with E-state index in [1.165, 1.54) is 0 Å². The van der Waals surface area contributed by atoms with Gasteiger partial charge in [-0.2, -0.15) is 0 Å². The molecule has 28 heavy (non-hydrogen) atoms. The Bertz CT molecular complexity index is 975. The molecule has 1 aliphatic carbocycles. The molecule has 2 aromatic heterocycles. The number of rotatable bonds is 4. The highest BCUT2D eigenvalue weighted by Crippen LogP contribution is 2.38. The normalized spacial score (nSPS) is 25.9. The van der Waals surface area contributed by atoms with Crippen molar-refractivity contribution in [2.45, 2.75) is 24.7 Å². The first-order valence-corrected chi connectivity index (χ1v) is 9.37. The van der Waals surface area contributed by atoms with Crippen molar-refractivity contribution in [2.24, 2.45) is 5.92 Å². The summed E-state index contributed by atoms with van der Waals surface area (Å²) in [5.74, 6) is 1.05. The summed E-state index contributed by atoms with van der Waals surface area (Å²) < 4.78 is 16.4. The summed E-state index contributed by atoms with van der Waals surface area (Å²) in [6, 6.07) is 8.77. The van der Waals surface area contributed by atoms with Crippen LogP contribution in [0.3, 0.4) is 0 Å². The minimum Gasteiger partial charge on any atom is -0.507 e. The summed E-state index contributed by atoms with van der Waals surface area (Å²) >= 11 is 0. The fourth-order valence-electron chi connectivity index (χ4n) is 4.45. The van der Waals surface area contributed by atoms with Crippen LogP contribution in [0, 0.1) is 5.92 Å². The molecule has 3 aromatic rings. The fraction of sp³-hybridized carbons (Fsp3) is 0.350. The van der Waals surface area contributed by atoms with Gasteiger partial charge in [-0.3, -0.25) is 0 Å². The van der Waals surface area contributed by atoms with E-state index in [0.717, 1.165) is 18.7 Å². The van der Waals surface area contributed by atoms with E-state index in [9.17, 15) is 9.50 Å². The van der Waals surface area contributed by atoms with Gasteiger partial charge in [-0.15, -0.1) is 10.2 Å². The molecule has 4 atom stereocenters. The molecule has 3 heterocycles. The molecule has 2 N–H and O–H groups in total. The van der Waals surface area contributed by atoms with Crippen LogP contribution in [0.25, 0.3) is 16.9 Å². The van der Waals surface area contributed by atoms with E-state index in [0.29, 0.717) is 23.0 Å². The first-order valence-electron chi connectivity index (χ1n) is 9.37. The maximum Gasteiger partial charge on any atom is 0.151 e. The number of phenolic OH excluding ortho intramolecular Hbond substituents is 1. The molecule has 1 aliphatic heterocycles. The summed E-state index contributed by atoms with van der Waals surface area (Å²) in [4.78, 5) is 5.91. The van der Waals surface area contributed by atoms with Crippen LogP contribution in [0.4, 0.5) is 10.2 Å². The number of imidazole rings is 1. The number of aromatic hydroxyl groups is 1. The lowest BCUT2D eigenvalue weighted by Crippen LogP contribution is -2.51. The van der Waals surface area contributed by atoms with Crippen molar-refractivity contribution < 1.29 is 9.50 Å². The van der Waals surface area contributed by atoms with Gasteiger partial charge in [0.05, 0.1) is 23.8 Å². The van der Waals surface area contributed by atoms with Crippen molar-refractivity contribution in [3.8, 4) is 22.7 Å². The Morgan fingerprint density at radius 2 is 2.14 bits per heavy atom. The van der Waals surface area contributed by atoms with Gasteiger partial charge in [0.25, 0.3) is 0 Å². The lowest BCUT2D eigenvalue weighted by molar-refractivity contribution is 0.220. The molecule has 0 amide bonds. The highest BCUT2D eigenvalue weighted by molar-refractivity contribution is 5.69. The molecule has 0 unspecified atom stereocenters. The fourth-order valence-corrected chi connectivity index (χ4v) is 4.45. The largest absolute Gasteiger partial charge is 0.507 e. The summed E-state index contributed by atoms with van der Waals surface area (Å²) in [5.41, 5.74) is 1.97. The van der Waals surface area contributed by atoms with E-state index in [4.69, 9.17) is 0 Å². The Hall–Kier alpha value is -3.00. The van der Waals surface area contributed by atoms with Gasteiger partial charge < -0.3 is 19.9 Å². The highest BCUT2D eigenvalue weighted by atomic mass is 19.1. The van der Waals surface area contributed by atoms with Crippen LogP contribution >= 0.6 is 0 Å². The number of nitrogens with one attached hydrogen (secondary N) is 1. The maximum atomic E-state index is 14.6. The third-order valence-electron chi connectivity index (χ3n) is 5.91. The van der Waals surface area contributed by atoms with Gasteiger partial charge in [0.2, 0.25) is 0 Å². The molecule has 1 saturated heterocycles. The zero-order valence-corrected chi connectivity index (χ0v) is 15.4. The van der Waals surface area contributed by atoms with E-state index in [1.807, 2.05) is 40.9 Å². The number of nitrogens with zero attached hydrogens (tertiary/aromatic N) is 5. The number of fused-ring (bicyclic) bond motifs is 2. The van der Waals surface area contributed by atoms with Crippen molar-refractivity contribution in [1.29, 1.82) is 0 Å². The maximum absolute atomic E-state index is 14.6. The minimum absolute atomic E-state index is 0.0457. The second-order valence-electron chi connectivity index (χ2n) is 7.50.